The summed E-state index contributed by atoms with van der Waals surface area (Å²) in [5, 5.41) is 1.23. The van der Waals surface area contributed by atoms with Crippen LogP contribution in [0.5, 0.6) is 0 Å². The van der Waals surface area contributed by atoms with Crippen molar-refractivity contribution in [3.05, 3.63) is 71.4 Å². The van der Waals surface area contributed by atoms with E-state index in [0.29, 0.717) is 0 Å². The highest BCUT2D eigenvalue weighted by molar-refractivity contribution is 6.03. The topological polar surface area (TPSA) is 25.2 Å². The number of carbonyl (C=O) groups excluding carboxylic acids is 1. The Balaban J connectivity index is 1.82. The summed E-state index contributed by atoms with van der Waals surface area (Å²) < 4.78 is 2.22. The molecular weight excluding hydrogens is 308 g/mol. The third-order valence-electron chi connectivity index (χ3n) is 5.16. The van der Waals surface area contributed by atoms with Crippen molar-refractivity contribution in [3.63, 3.8) is 0 Å². The van der Waals surface area contributed by atoms with E-state index in [0.717, 1.165) is 44.6 Å². The number of carbonyl (C=O) groups is 1. The average Bonchev–Trinajstić information content (AvgIpc) is 2.97. The highest BCUT2D eigenvalue weighted by Crippen LogP contribution is 2.31. The van der Waals surface area contributed by atoms with Gasteiger partial charge in [-0.05, 0) is 30.0 Å². The SMILES string of the molecule is CCCCN1CCc2c(n(Cc3ccccc3)c3ccccc23)C1=O. The van der Waals surface area contributed by atoms with Crippen LogP contribution in [0.15, 0.2) is 54.6 Å². The van der Waals surface area contributed by atoms with Gasteiger partial charge in [-0.1, -0.05) is 61.9 Å². The number of hydrogen-bond acceptors (Lipinski definition) is 1. The predicted octanol–water partition coefficient (Wildman–Crippen LogP) is 4.49. The molecule has 4 rings (SSSR count). The minimum absolute atomic E-state index is 0.196. The zero-order valence-electron chi connectivity index (χ0n) is 14.7. The van der Waals surface area contributed by atoms with Crippen molar-refractivity contribution in [1.29, 1.82) is 0 Å². The summed E-state index contributed by atoms with van der Waals surface area (Å²) >= 11 is 0. The fraction of sp³-hybridized carbons (Fsp3) is 0.318. The van der Waals surface area contributed by atoms with E-state index in [1.54, 1.807) is 0 Å². The standard InChI is InChI=1S/C22H24N2O/c1-2-3-14-23-15-13-19-18-11-7-8-12-20(18)24(21(19)22(23)25)16-17-9-5-4-6-10-17/h4-12H,2-3,13-16H2,1H3. The third kappa shape index (κ3) is 2.84. The number of nitrogens with zero attached hydrogens (tertiary/aromatic N) is 2. The van der Waals surface area contributed by atoms with Crippen LogP contribution < -0.4 is 0 Å². The summed E-state index contributed by atoms with van der Waals surface area (Å²) in [6.07, 6.45) is 3.14. The molecule has 0 unspecified atom stereocenters. The van der Waals surface area contributed by atoms with Crippen LogP contribution in [0.3, 0.4) is 0 Å². The Morgan fingerprint density at radius 3 is 2.56 bits per heavy atom. The first-order chi connectivity index (χ1) is 12.3. The first-order valence-corrected chi connectivity index (χ1v) is 9.23. The van der Waals surface area contributed by atoms with Crippen molar-refractivity contribution in [2.24, 2.45) is 0 Å². The third-order valence-corrected chi connectivity index (χ3v) is 5.16. The predicted molar refractivity (Wildman–Crippen MR) is 102 cm³/mol. The van der Waals surface area contributed by atoms with Crippen molar-refractivity contribution >= 4 is 16.8 Å². The molecule has 0 saturated heterocycles. The molecule has 0 bridgehead atoms. The van der Waals surface area contributed by atoms with Gasteiger partial charge in [-0.3, -0.25) is 4.79 Å². The monoisotopic (exact) mass is 332 g/mol. The van der Waals surface area contributed by atoms with Crippen LogP contribution in [0.4, 0.5) is 0 Å². The lowest BCUT2D eigenvalue weighted by molar-refractivity contribution is 0.0727. The second-order valence-electron chi connectivity index (χ2n) is 6.81. The van der Waals surface area contributed by atoms with E-state index < -0.39 is 0 Å². The molecule has 1 aromatic heterocycles. The summed E-state index contributed by atoms with van der Waals surface area (Å²) in [7, 11) is 0. The highest BCUT2D eigenvalue weighted by Gasteiger charge is 2.30. The van der Waals surface area contributed by atoms with E-state index in [-0.39, 0.29) is 5.91 Å². The van der Waals surface area contributed by atoms with E-state index in [1.807, 2.05) is 11.0 Å². The van der Waals surface area contributed by atoms with E-state index in [1.165, 1.54) is 22.0 Å². The lowest BCUT2D eigenvalue weighted by Gasteiger charge is -2.28. The molecule has 3 nitrogen and oxygen atoms in total. The molecule has 3 heteroatoms. The lowest BCUT2D eigenvalue weighted by atomic mass is 10.0. The molecule has 2 heterocycles. The number of amides is 1. The maximum atomic E-state index is 13.2. The van der Waals surface area contributed by atoms with Gasteiger partial charge in [0.1, 0.15) is 5.69 Å². The van der Waals surface area contributed by atoms with Gasteiger partial charge in [-0.25, -0.2) is 0 Å². The fourth-order valence-corrected chi connectivity index (χ4v) is 3.86. The lowest BCUT2D eigenvalue weighted by Crippen LogP contribution is -2.39. The number of hydrogen-bond donors (Lipinski definition) is 0. The molecular formula is C22H24N2O. The normalized spacial score (nSPS) is 14.1. The van der Waals surface area contributed by atoms with Crippen molar-refractivity contribution in [3.8, 4) is 0 Å². The number of aromatic nitrogens is 1. The quantitative estimate of drug-likeness (QED) is 0.676. The minimum atomic E-state index is 0.196. The van der Waals surface area contributed by atoms with Crippen LogP contribution in [0.1, 0.15) is 41.4 Å². The molecule has 0 saturated carbocycles. The van der Waals surface area contributed by atoms with Crippen LogP contribution in [0.2, 0.25) is 0 Å². The first-order valence-electron chi connectivity index (χ1n) is 9.23. The van der Waals surface area contributed by atoms with Gasteiger partial charge in [0.05, 0.1) is 0 Å². The maximum Gasteiger partial charge on any atom is 0.270 e. The van der Waals surface area contributed by atoms with Crippen LogP contribution in [0, 0.1) is 0 Å². The molecule has 25 heavy (non-hydrogen) atoms. The fourth-order valence-electron chi connectivity index (χ4n) is 3.86. The second kappa shape index (κ2) is 6.75. The molecule has 0 N–H and O–H groups in total. The van der Waals surface area contributed by atoms with Gasteiger partial charge < -0.3 is 9.47 Å². The summed E-state index contributed by atoms with van der Waals surface area (Å²) in [5.74, 6) is 0.196. The van der Waals surface area contributed by atoms with Gasteiger partial charge >= 0.3 is 0 Å². The van der Waals surface area contributed by atoms with Crippen LogP contribution in [0.25, 0.3) is 10.9 Å². The number of fused-ring (bicyclic) bond motifs is 3. The van der Waals surface area contributed by atoms with Crippen molar-refractivity contribution in [1.82, 2.24) is 9.47 Å². The average molecular weight is 332 g/mol. The van der Waals surface area contributed by atoms with Crippen LogP contribution in [-0.4, -0.2) is 28.5 Å². The van der Waals surface area contributed by atoms with E-state index in [4.69, 9.17) is 0 Å². The molecule has 128 valence electrons. The molecule has 1 aliphatic heterocycles. The van der Waals surface area contributed by atoms with Gasteiger partial charge in [-0.2, -0.15) is 0 Å². The Labute approximate surface area is 148 Å². The summed E-state index contributed by atoms with van der Waals surface area (Å²) in [5.41, 5.74) is 4.52. The van der Waals surface area contributed by atoms with Gasteiger partial charge in [-0.15, -0.1) is 0 Å². The Morgan fingerprint density at radius 1 is 1.00 bits per heavy atom. The number of rotatable bonds is 5. The van der Waals surface area contributed by atoms with Crippen molar-refractivity contribution < 1.29 is 4.79 Å². The smallest absolute Gasteiger partial charge is 0.270 e. The first kappa shape index (κ1) is 15.9. The molecule has 1 amide bonds. The van der Waals surface area contributed by atoms with Crippen LogP contribution >= 0.6 is 0 Å². The number of benzene rings is 2. The number of para-hydroxylation sites is 1. The molecule has 3 aromatic rings. The van der Waals surface area contributed by atoms with Crippen molar-refractivity contribution in [2.75, 3.05) is 13.1 Å². The highest BCUT2D eigenvalue weighted by atomic mass is 16.2. The van der Waals surface area contributed by atoms with E-state index in [2.05, 4.69) is 60.0 Å². The number of unbranched alkanes of at least 4 members (excludes halogenated alkanes) is 1. The zero-order chi connectivity index (χ0) is 17.2. The molecule has 0 atom stereocenters. The Hall–Kier alpha value is -2.55. The molecule has 0 radical (unpaired) electrons. The Morgan fingerprint density at radius 2 is 1.76 bits per heavy atom. The Kier molecular flexibility index (Phi) is 4.31. The van der Waals surface area contributed by atoms with Gasteiger partial charge in [0, 0.05) is 30.5 Å². The summed E-state index contributed by atoms with van der Waals surface area (Å²) in [6.45, 7) is 4.61. The van der Waals surface area contributed by atoms with Gasteiger partial charge in [0.2, 0.25) is 0 Å². The molecule has 0 aliphatic carbocycles. The maximum absolute atomic E-state index is 13.2. The largest absolute Gasteiger partial charge is 0.337 e. The molecule has 2 aromatic carbocycles. The minimum Gasteiger partial charge on any atom is -0.337 e. The van der Waals surface area contributed by atoms with Gasteiger partial charge in [0.15, 0.2) is 0 Å². The zero-order valence-corrected chi connectivity index (χ0v) is 14.7. The van der Waals surface area contributed by atoms with E-state index >= 15 is 0 Å². The van der Waals surface area contributed by atoms with Crippen LogP contribution in [-0.2, 0) is 13.0 Å². The molecule has 1 aliphatic rings. The van der Waals surface area contributed by atoms with E-state index in [9.17, 15) is 4.79 Å². The summed E-state index contributed by atoms with van der Waals surface area (Å²) in [4.78, 5) is 15.2. The van der Waals surface area contributed by atoms with Crippen molar-refractivity contribution in [2.45, 2.75) is 32.7 Å². The van der Waals surface area contributed by atoms with Gasteiger partial charge in [0.25, 0.3) is 5.91 Å². The summed E-state index contributed by atoms with van der Waals surface area (Å²) in [6, 6.07) is 18.8. The molecule has 0 fully saturated rings. The molecule has 0 spiro atoms. The second-order valence-corrected chi connectivity index (χ2v) is 6.81. The Bertz CT molecular complexity index is 895.